The summed E-state index contributed by atoms with van der Waals surface area (Å²) in [4.78, 5) is 42.9. The molecule has 4 heterocycles. The number of piperazine rings is 1. The second-order valence-electron chi connectivity index (χ2n) is 11.3. The lowest BCUT2D eigenvalue weighted by Gasteiger charge is -2.42. The van der Waals surface area contributed by atoms with E-state index < -0.39 is 6.04 Å². The zero-order valence-corrected chi connectivity index (χ0v) is 21.2. The van der Waals surface area contributed by atoms with Gasteiger partial charge >= 0.3 is 5.69 Å². The molecule has 9 nitrogen and oxygen atoms in total. The number of imidazole rings is 1. The van der Waals surface area contributed by atoms with Gasteiger partial charge in [-0.25, -0.2) is 4.79 Å². The van der Waals surface area contributed by atoms with Gasteiger partial charge in [0.15, 0.2) is 0 Å². The summed E-state index contributed by atoms with van der Waals surface area (Å²) >= 11 is 0. The summed E-state index contributed by atoms with van der Waals surface area (Å²) in [6.07, 6.45) is 5.20. The van der Waals surface area contributed by atoms with Crippen LogP contribution in [0.15, 0.2) is 23.0 Å². The smallest absolute Gasteiger partial charge is 0.317 e. The van der Waals surface area contributed by atoms with E-state index in [9.17, 15) is 14.4 Å². The number of amides is 2. The highest BCUT2D eigenvalue weighted by atomic mass is 16.2. The predicted molar refractivity (Wildman–Crippen MR) is 138 cm³/mol. The Morgan fingerprint density at radius 1 is 0.944 bits per heavy atom. The number of hydrogen-bond donors (Lipinski definition) is 2. The van der Waals surface area contributed by atoms with Crippen molar-refractivity contribution in [3.8, 4) is 0 Å². The van der Waals surface area contributed by atoms with Crippen molar-refractivity contribution < 1.29 is 9.59 Å². The van der Waals surface area contributed by atoms with E-state index in [1.165, 1.54) is 24.9 Å². The van der Waals surface area contributed by atoms with E-state index in [0.29, 0.717) is 12.5 Å². The number of fused-ring (bicyclic) bond motifs is 1. The minimum atomic E-state index is -0.627. The van der Waals surface area contributed by atoms with E-state index >= 15 is 0 Å². The minimum Gasteiger partial charge on any atom is -0.317 e. The fourth-order valence-electron chi connectivity index (χ4n) is 6.44. The number of nitrogens with one attached hydrogen (secondary N) is 2. The zero-order valence-electron chi connectivity index (χ0n) is 21.2. The van der Waals surface area contributed by atoms with Crippen molar-refractivity contribution in [3.05, 3.63) is 34.2 Å². The van der Waals surface area contributed by atoms with Gasteiger partial charge in [-0.1, -0.05) is 6.07 Å². The van der Waals surface area contributed by atoms with E-state index in [1.54, 1.807) is 4.57 Å². The van der Waals surface area contributed by atoms with Gasteiger partial charge in [0.05, 0.1) is 11.0 Å². The molecule has 1 aromatic carbocycles. The Labute approximate surface area is 211 Å². The van der Waals surface area contributed by atoms with Gasteiger partial charge in [0.25, 0.3) is 0 Å². The van der Waals surface area contributed by atoms with E-state index in [2.05, 4.69) is 39.5 Å². The van der Waals surface area contributed by atoms with E-state index in [1.807, 2.05) is 10.6 Å². The SMILES string of the molecule is C[C@H]1CN(Cc2ccc3c(c2)n(C2CC2)c(=O)n3C2CCC(=O)NC2=O)CCN1CC1CCNCC1. The molecule has 1 aliphatic carbocycles. The monoisotopic (exact) mass is 494 g/mol. The molecule has 3 aliphatic heterocycles. The van der Waals surface area contributed by atoms with Gasteiger partial charge in [-0.05, 0) is 75.7 Å². The van der Waals surface area contributed by atoms with Gasteiger partial charge in [0, 0.05) is 51.2 Å². The molecule has 4 aliphatic rings. The van der Waals surface area contributed by atoms with Gasteiger partial charge < -0.3 is 5.32 Å². The topological polar surface area (TPSA) is 91.6 Å². The lowest BCUT2D eigenvalue weighted by atomic mass is 9.96. The molecule has 194 valence electrons. The first kappa shape index (κ1) is 23.9. The Bertz CT molecular complexity index is 1210. The first-order valence-electron chi connectivity index (χ1n) is 13.7. The second-order valence-corrected chi connectivity index (χ2v) is 11.3. The van der Waals surface area contributed by atoms with E-state index in [-0.39, 0.29) is 30.0 Å². The third kappa shape index (κ3) is 4.64. The maximum atomic E-state index is 13.5. The highest BCUT2D eigenvalue weighted by Gasteiger charge is 2.35. The fraction of sp³-hybridized carbons (Fsp3) is 0.667. The van der Waals surface area contributed by atoms with Gasteiger partial charge in [0.2, 0.25) is 11.8 Å². The Kier molecular flexibility index (Phi) is 6.47. The summed E-state index contributed by atoms with van der Waals surface area (Å²) in [6, 6.07) is 6.39. The molecule has 1 unspecified atom stereocenters. The summed E-state index contributed by atoms with van der Waals surface area (Å²) in [5.74, 6) is 0.182. The van der Waals surface area contributed by atoms with Crippen LogP contribution >= 0.6 is 0 Å². The Balaban J connectivity index is 1.20. The molecule has 4 fully saturated rings. The van der Waals surface area contributed by atoms with Crippen LogP contribution in [0.3, 0.4) is 0 Å². The molecule has 2 amide bonds. The van der Waals surface area contributed by atoms with Crippen LogP contribution in [0.25, 0.3) is 11.0 Å². The summed E-state index contributed by atoms with van der Waals surface area (Å²) in [7, 11) is 0. The molecule has 0 radical (unpaired) electrons. The van der Waals surface area contributed by atoms with Crippen molar-refractivity contribution in [1.29, 1.82) is 0 Å². The highest BCUT2D eigenvalue weighted by molar-refractivity contribution is 6.00. The van der Waals surface area contributed by atoms with Crippen LogP contribution in [0.1, 0.15) is 63.1 Å². The molecule has 1 aromatic heterocycles. The highest BCUT2D eigenvalue weighted by Crippen LogP contribution is 2.37. The summed E-state index contributed by atoms with van der Waals surface area (Å²) in [6.45, 7) is 9.94. The van der Waals surface area contributed by atoms with Crippen LogP contribution in [-0.4, -0.2) is 76.1 Å². The molecule has 1 saturated carbocycles. The molecular weight excluding hydrogens is 456 g/mol. The van der Waals surface area contributed by atoms with Crippen LogP contribution in [0.2, 0.25) is 0 Å². The molecule has 0 spiro atoms. The molecular formula is C27H38N6O3. The summed E-state index contributed by atoms with van der Waals surface area (Å²) in [5, 5.41) is 5.88. The van der Waals surface area contributed by atoms with Crippen molar-refractivity contribution >= 4 is 22.8 Å². The van der Waals surface area contributed by atoms with Crippen molar-refractivity contribution in [1.82, 2.24) is 29.6 Å². The van der Waals surface area contributed by atoms with Gasteiger partial charge in [0.1, 0.15) is 6.04 Å². The number of aromatic nitrogens is 2. The van der Waals surface area contributed by atoms with E-state index in [0.717, 1.165) is 69.1 Å². The molecule has 2 aromatic rings. The van der Waals surface area contributed by atoms with Crippen molar-refractivity contribution in [3.63, 3.8) is 0 Å². The van der Waals surface area contributed by atoms with Crippen LogP contribution in [0.5, 0.6) is 0 Å². The standard InChI is InChI=1S/C27H38N6O3/c1-18-15-30(12-13-31(18)17-19-8-10-28-11-9-19)16-20-2-5-22-24(14-20)32(21-3-4-21)27(36)33(22)23-6-7-25(34)29-26(23)35/h2,5,14,18-19,21,23,28H,3-4,6-13,15-17H2,1H3,(H,29,34,35)/t18-,23?/m0/s1. The van der Waals surface area contributed by atoms with Crippen LogP contribution < -0.4 is 16.3 Å². The maximum absolute atomic E-state index is 13.5. The average Bonchev–Trinajstić information content (AvgIpc) is 3.65. The predicted octanol–water partition coefficient (Wildman–Crippen LogP) is 1.62. The van der Waals surface area contributed by atoms with Crippen molar-refractivity contribution in [2.24, 2.45) is 5.92 Å². The third-order valence-electron chi connectivity index (χ3n) is 8.61. The third-order valence-corrected chi connectivity index (χ3v) is 8.61. The number of benzene rings is 1. The van der Waals surface area contributed by atoms with Crippen LogP contribution in [0, 0.1) is 5.92 Å². The van der Waals surface area contributed by atoms with E-state index in [4.69, 9.17) is 0 Å². The molecule has 9 heteroatoms. The molecule has 2 atom stereocenters. The number of hydrogen-bond acceptors (Lipinski definition) is 6. The number of imide groups is 1. The van der Waals surface area contributed by atoms with Gasteiger partial charge in [-0.15, -0.1) is 0 Å². The Morgan fingerprint density at radius 3 is 2.47 bits per heavy atom. The second kappa shape index (κ2) is 9.76. The largest absolute Gasteiger partial charge is 0.330 e. The summed E-state index contributed by atoms with van der Waals surface area (Å²) < 4.78 is 3.52. The first-order valence-corrected chi connectivity index (χ1v) is 13.7. The molecule has 2 N–H and O–H groups in total. The van der Waals surface area contributed by atoms with Crippen molar-refractivity contribution in [2.45, 2.75) is 70.1 Å². The number of piperidine rings is 2. The number of carbonyl (C=O) groups is 2. The molecule has 36 heavy (non-hydrogen) atoms. The van der Waals surface area contributed by atoms with Crippen LogP contribution in [-0.2, 0) is 16.1 Å². The summed E-state index contributed by atoms with van der Waals surface area (Å²) in [5.41, 5.74) is 2.79. The number of carbonyl (C=O) groups excluding carboxylic acids is 2. The number of rotatable bonds is 6. The lowest BCUT2D eigenvalue weighted by Crippen LogP contribution is -2.53. The Morgan fingerprint density at radius 2 is 1.75 bits per heavy atom. The maximum Gasteiger partial charge on any atom is 0.330 e. The lowest BCUT2D eigenvalue weighted by molar-refractivity contribution is -0.135. The molecule has 0 bridgehead atoms. The number of nitrogens with zero attached hydrogens (tertiary/aromatic N) is 4. The van der Waals surface area contributed by atoms with Crippen molar-refractivity contribution in [2.75, 3.05) is 39.3 Å². The fourth-order valence-corrected chi connectivity index (χ4v) is 6.44. The average molecular weight is 495 g/mol. The zero-order chi connectivity index (χ0) is 24.8. The van der Waals surface area contributed by atoms with Crippen LogP contribution in [0.4, 0.5) is 0 Å². The normalized spacial score (nSPS) is 27.0. The minimum absolute atomic E-state index is 0.126. The van der Waals surface area contributed by atoms with Gasteiger partial charge in [-0.2, -0.15) is 0 Å². The molecule has 3 saturated heterocycles. The first-order chi connectivity index (χ1) is 17.5. The van der Waals surface area contributed by atoms with Gasteiger partial charge in [-0.3, -0.25) is 33.8 Å². The quantitative estimate of drug-likeness (QED) is 0.593. The Hall–Kier alpha value is -2.49. The molecule has 6 rings (SSSR count).